The average Bonchev–Trinajstić information content (AvgIpc) is 2.17. The second kappa shape index (κ2) is 5.68. The van der Waals surface area contributed by atoms with Crippen LogP contribution in [0.4, 0.5) is 5.69 Å². The van der Waals surface area contributed by atoms with E-state index in [2.05, 4.69) is 15.9 Å². The first-order chi connectivity index (χ1) is 7.47. The number of unbranched alkanes of at least 4 members (excludes halogenated alkanes) is 2. The molecule has 3 nitrogen and oxygen atoms in total. The first-order valence-corrected chi connectivity index (χ1v) is 7.69. The molecule has 0 aliphatic rings. The Balaban J connectivity index is 2.90. The van der Waals surface area contributed by atoms with E-state index in [9.17, 15) is 8.42 Å². The van der Waals surface area contributed by atoms with Crippen LogP contribution in [0.3, 0.4) is 0 Å². The maximum absolute atomic E-state index is 12.0. The molecule has 0 aliphatic carbocycles. The first-order valence-electron chi connectivity index (χ1n) is 5.25. The van der Waals surface area contributed by atoms with Crippen molar-refractivity contribution >= 4 is 31.5 Å². The molecule has 0 saturated heterocycles. The molecule has 16 heavy (non-hydrogen) atoms. The van der Waals surface area contributed by atoms with Crippen molar-refractivity contribution in [2.45, 2.75) is 31.1 Å². The molecular weight excluding hydrogens is 290 g/mol. The van der Waals surface area contributed by atoms with Crippen molar-refractivity contribution in [2.24, 2.45) is 0 Å². The fourth-order valence-corrected chi connectivity index (χ4v) is 3.99. The molecule has 0 radical (unpaired) electrons. The van der Waals surface area contributed by atoms with Crippen LogP contribution in [0, 0.1) is 0 Å². The zero-order valence-electron chi connectivity index (χ0n) is 9.24. The summed E-state index contributed by atoms with van der Waals surface area (Å²) in [5, 5.41) is 0. The van der Waals surface area contributed by atoms with Gasteiger partial charge in [-0.25, -0.2) is 8.42 Å². The topological polar surface area (TPSA) is 60.2 Å². The highest BCUT2D eigenvalue weighted by atomic mass is 79.9. The van der Waals surface area contributed by atoms with Crippen LogP contribution in [0.5, 0.6) is 0 Å². The van der Waals surface area contributed by atoms with Crippen LogP contribution < -0.4 is 5.73 Å². The van der Waals surface area contributed by atoms with Gasteiger partial charge in [-0.3, -0.25) is 0 Å². The Morgan fingerprint density at radius 1 is 1.31 bits per heavy atom. The van der Waals surface area contributed by atoms with Crippen LogP contribution >= 0.6 is 15.9 Å². The number of benzene rings is 1. The van der Waals surface area contributed by atoms with Crippen molar-refractivity contribution in [3.63, 3.8) is 0 Å². The maximum atomic E-state index is 12.0. The number of sulfone groups is 1. The minimum atomic E-state index is -3.18. The molecule has 0 aromatic heterocycles. The molecule has 0 amide bonds. The minimum Gasteiger partial charge on any atom is -0.399 e. The smallest absolute Gasteiger partial charge is 0.179 e. The van der Waals surface area contributed by atoms with E-state index in [1.54, 1.807) is 18.2 Å². The van der Waals surface area contributed by atoms with Crippen molar-refractivity contribution in [2.75, 3.05) is 11.5 Å². The van der Waals surface area contributed by atoms with Crippen LogP contribution in [0.2, 0.25) is 0 Å². The van der Waals surface area contributed by atoms with Gasteiger partial charge in [0.2, 0.25) is 0 Å². The third-order valence-electron chi connectivity index (χ3n) is 2.31. The van der Waals surface area contributed by atoms with Gasteiger partial charge in [0.1, 0.15) is 0 Å². The monoisotopic (exact) mass is 305 g/mol. The molecule has 0 fully saturated rings. The molecule has 90 valence electrons. The van der Waals surface area contributed by atoms with Crippen molar-refractivity contribution in [3.8, 4) is 0 Å². The Hall–Kier alpha value is -0.550. The van der Waals surface area contributed by atoms with Crippen molar-refractivity contribution < 1.29 is 8.42 Å². The Morgan fingerprint density at radius 2 is 2.00 bits per heavy atom. The van der Waals surface area contributed by atoms with Gasteiger partial charge in [0, 0.05) is 10.2 Å². The molecule has 1 aromatic rings. The van der Waals surface area contributed by atoms with Gasteiger partial charge in [0.15, 0.2) is 9.84 Å². The van der Waals surface area contributed by atoms with Gasteiger partial charge in [0.25, 0.3) is 0 Å². The standard InChI is InChI=1S/C11H16BrNO2S/c1-2-3-4-7-16(14,15)11-6-5-9(13)8-10(11)12/h5-6,8H,2-4,7,13H2,1H3. The van der Waals surface area contributed by atoms with Crippen molar-refractivity contribution in [1.29, 1.82) is 0 Å². The summed E-state index contributed by atoms with van der Waals surface area (Å²) >= 11 is 3.23. The molecule has 1 aromatic carbocycles. The van der Waals surface area contributed by atoms with Crippen LogP contribution in [0.1, 0.15) is 26.2 Å². The first kappa shape index (κ1) is 13.5. The second-order valence-corrected chi connectivity index (χ2v) is 6.65. The Labute approximate surface area is 105 Å². The SMILES string of the molecule is CCCCCS(=O)(=O)c1ccc(N)cc1Br. The fourth-order valence-electron chi connectivity index (χ4n) is 1.42. The van der Waals surface area contributed by atoms with E-state index < -0.39 is 9.84 Å². The highest BCUT2D eigenvalue weighted by molar-refractivity contribution is 9.10. The van der Waals surface area contributed by atoms with Gasteiger partial charge < -0.3 is 5.73 Å². The molecule has 0 spiro atoms. The summed E-state index contributed by atoms with van der Waals surface area (Å²) in [7, 11) is -3.18. The lowest BCUT2D eigenvalue weighted by Crippen LogP contribution is -2.07. The van der Waals surface area contributed by atoms with E-state index in [0.717, 1.165) is 12.8 Å². The molecular formula is C11H16BrNO2S. The molecule has 1 rings (SSSR count). The highest BCUT2D eigenvalue weighted by Crippen LogP contribution is 2.25. The fraction of sp³-hybridized carbons (Fsp3) is 0.455. The molecule has 0 atom stereocenters. The zero-order chi connectivity index (χ0) is 12.2. The Morgan fingerprint density at radius 3 is 2.56 bits per heavy atom. The van der Waals surface area contributed by atoms with Crippen molar-refractivity contribution in [1.82, 2.24) is 0 Å². The molecule has 0 bridgehead atoms. The van der Waals surface area contributed by atoms with Crippen LogP contribution in [-0.2, 0) is 9.84 Å². The number of rotatable bonds is 5. The van der Waals surface area contributed by atoms with Gasteiger partial charge in [0.05, 0.1) is 10.6 Å². The zero-order valence-corrected chi connectivity index (χ0v) is 11.6. The molecule has 2 N–H and O–H groups in total. The van der Waals surface area contributed by atoms with Gasteiger partial charge in [-0.05, 0) is 40.5 Å². The number of anilines is 1. The number of halogens is 1. The summed E-state index contributed by atoms with van der Waals surface area (Å²) < 4.78 is 24.5. The molecule has 0 aliphatic heterocycles. The Kier molecular flexibility index (Phi) is 4.80. The number of hydrogen-bond acceptors (Lipinski definition) is 3. The van der Waals surface area contributed by atoms with Crippen LogP contribution in [0.15, 0.2) is 27.6 Å². The molecule has 0 heterocycles. The van der Waals surface area contributed by atoms with E-state index in [1.807, 2.05) is 6.92 Å². The summed E-state index contributed by atoms with van der Waals surface area (Å²) in [5.74, 6) is 0.198. The minimum absolute atomic E-state index is 0.198. The predicted molar refractivity (Wildman–Crippen MR) is 70.1 cm³/mol. The molecule has 0 saturated carbocycles. The summed E-state index contributed by atoms with van der Waals surface area (Å²) in [6.45, 7) is 2.05. The lowest BCUT2D eigenvalue weighted by Gasteiger charge is -2.06. The summed E-state index contributed by atoms with van der Waals surface area (Å²) in [6, 6.07) is 4.78. The summed E-state index contributed by atoms with van der Waals surface area (Å²) in [6.07, 6.45) is 2.65. The molecule has 0 unspecified atom stereocenters. The number of nitrogen functional groups attached to an aromatic ring is 1. The largest absolute Gasteiger partial charge is 0.399 e. The van der Waals surface area contributed by atoms with E-state index in [1.165, 1.54) is 0 Å². The van der Waals surface area contributed by atoms with E-state index >= 15 is 0 Å². The van der Waals surface area contributed by atoms with E-state index in [-0.39, 0.29) is 5.75 Å². The molecule has 5 heteroatoms. The Bertz CT molecular complexity index is 457. The van der Waals surface area contributed by atoms with Gasteiger partial charge in [-0.1, -0.05) is 19.8 Å². The normalized spacial score (nSPS) is 11.6. The maximum Gasteiger partial charge on any atom is 0.179 e. The van der Waals surface area contributed by atoms with Gasteiger partial charge >= 0.3 is 0 Å². The van der Waals surface area contributed by atoms with Gasteiger partial charge in [-0.2, -0.15) is 0 Å². The highest BCUT2D eigenvalue weighted by Gasteiger charge is 2.17. The predicted octanol–water partition coefficient (Wildman–Crippen LogP) is 3.00. The lowest BCUT2D eigenvalue weighted by molar-refractivity contribution is 0.590. The third kappa shape index (κ3) is 3.49. The number of hydrogen-bond donors (Lipinski definition) is 1. The van der Waals surface area contributed by atoms with Crippen molar-refractivity contribution in [3.05, 3.63) is 22.7 Å². The van der Waals surface area contributed by atoms with Crippen LogP contribution in [0.25, 0.3) is 0 Å². The second-order valence-electron chi connectivity index (χ2n) is 3.72. The third-order valence-corrected chi connectivity index (χ3v) is 5.08. The van der Waals surface area contributed by atoms with E-state index in [4.69, 9.17) is 5.73 Å². The quantitative estimate of drug-likeness (QED) is 0.672. The van der Waals surface area contributed by atoms with Crippen LogP contribution in [-0.4, -0.2) is 14.2 Å². The lowest BCUT2D eigenvalue weighted by atomic mass is 10.3. The van der Waals surface area contributed by atoms with Gasteiger partial charge in [-0.15, -0.1) is 0 Å². The summed E-state index contributed by atoms with van der Waals surface area (Å²) in [4.78, 5) is 0.331. The average molecular weight is 306 g/mol. The number of nitrogens with two attached hydrogens (primary N) is 1. The van der Waals surface area contributed by atoms with E-state index in [0.29, 0.717) is 21.5 Å². The summed E-state index contributed by atoms with van der Waals surface area (Å²) in [5.41, 5.74) is 6.12.